The maximum absolute atomic E-state index is 12.5. The van der Waals surface area contributed by atoms with Crippen LogP contribution in [0.5, 0.6) is 0 Å². The minimum Gasteiger partial charge on any atom is -0.472 e. The Hall–Kier alpha value is -2.61. The number of rotatable bonds is 5. The molecule has 1 aromatic carbocycles. The molecule has 1 fully saturated rings. The van der Waals surface area contributed by atoms with E-state index in [1.54, 1.807) is 30.0 Å². The van der Waals surface area contributed by atoms with Crippen molar-refractivity contribution in [3.63, 3.8) is 0 Å². The van der Waals surface area contributed by atoms with Gasteiger partial charge in [-0.05, 0) is 43.2 Å². The van der Waals surface area contributed by atoms with Gasteiger partial charge < -0.3 is 14.6 Å². The van der Waals surface area contributed by atoms with Gasteiger partial charge in [0.05, 0.1) is 22.5 Å². The summed E-state index contributed by atoms with van der Waals surface area (Å²) in [5.41, 5.74) is 1.08. The van der Waals surface area contributed by atoms with Crippen molar-refractivity contribution in [2.45, 2.75) is 24.7 Å². The standard InChI is InChI=1S/C19H22N2O5S/c1-2-27(24,25)17-5-3-16(4-6-17)20-18(22)14-7-10-21(11-8-14)19(23)15-9-12-26-13-15/h3-6,9,12-14H,2,7-8,10-11H2,1H3,(H,20,22). The highest BCUT2D eigenvalue weighted by atomic mass is 32.2. The molecule has 0 radical (unpaired) electrons. The average Bonchev–Trinajstić information content (AvgIpc) is 3.23. The summed E-state index contributed by atoms with van der Waals surface area (Å²) in [6, 6.07) is 7.82. The molecule has 144 valence electrons. The molecule has 0 bridgehead atoms. The molecule has 1 saturated heterocycles. The number of nitrogens with one attached hydrogen (secondary N) is 1. The van der Waals surface area contributed by atoms with Gasteiger partial charge in [0.2, 0.25) is 5.91 Å². The normalized spacial score (nSPS) is 15.5. The lowest BCUT2D eigenvalue weighted by Gasteiger charge is -2.31. The van der Waals surface area contributed by atoms with Crippen LogP contribution in [0.3, 0.4) is 0 Å². The number of anilines is 1. The monoisotopic (exact) mass is 390 g/mol. The number of carbonyl (C=O) groups is 2. The average molecular weight is 390 g/mol. The van der Waals surface area contributed by atoms with Crippen LogP contribution in [0.1, 0.15) is 30.1 Å². The van der Waals surface area contributed by atoms with E-state index in [4.69, 9.17) is 4.42 Å². The third-order valence-corrected chi connectivity index (χ3v) is 6.53. The van der Waals surface area contributed by atoms with Crippen molar-refractivity contribution in [2.75, 3.05) is 24.2 Å². The molecule has 0 atom stereocenters. The molecule has 0 saturated carbocycles. The maximum atomic E-state index is 12.5. The van der Waals surface area contributed by atoms with Crippen molar-refractivity contribution in [1.82, 2.24) is 4.90 Å². The number of piperidine rings is 1. The third kappa shape index (κ3) is 4.39. The first-order valence-electron chi connectivity index (χ1n) is 8.86. The smallest absolute Gasteiger partial charge is 0.257 e. The zero-order chi connectivity index (χ0) is 19.4. The fourth-order valence-electron chi connectivity index (χ4n) is 3.07. The molecule has 2 amide bonds. The second-order valence-corrected chi connectivity index (χ2v) is 8.77. The number of hydrogen-bond donors (Lipinski definition) is 1. The Morgan fingerprint density at radius 2 is 1.81 bits per heavy atom. The number of hydrogen-bond acceptors (Lipinski definition) is 5. The molecule has 1 aromatic heterocycles. The first-order chi connectivity index (χ1) is 12.9. The lowest BCUT2D eigenvalue weighted by atomic mass is 9.95. The van der Waals surface area contributed by atoms with Gasteiger partial charge in [-0.15, -0.1) is 0 Å². The fraction of sp³-hybridized carbons (Fsp3) is 0.368. The van der Waals surface area contributed by atoms with Crippen LogP contribution in [0, 0.1) is 5.92 Å². The topological polar surface area (TPSA) is 96.7 Å². The molecule has 0 aliphatic carbocycles. The van der Waals surface area contributed by atoms with Gasteiger partial charge in [0.1, 0.15) is 6.26 Å². The van der Waals surface area contributed by atoms with E-state index in [0.29, 0.717) is 37.2 Å². The van der Waals surface area contributed by atoms with E-state index in [9.17, 15) is 18.0 Å². The van der Waals surface area contributed by atoms with E-state index in [2.05, 4.69) is 5.32 Å². The van der Waals surface area contributed by atoms with Gasteiger partial charge in [0.25, 0.3) is 5.91 Å². The van der Waals surface area contributed by atoms with Crippen molar-refractivity contribution in [3.8, 4) is 0 Å². The van der Waals surface area contributed by atoms with Gasteiger partial charge >= 0.3 is 0 Å². The van der Waals surface area contributed by atoms with Crippen molar-refractivity contribution in [1.29, 1.82) is 0 Å². The molecular weight excluding hydrogens is 368 g/mol. The van der Waals surface area contributed by atoms with E-state index in [0.717, 1.165) is 0 Å². The first kappa shape index (κ1) is 19.2. The predicted octanol–water partition coefficient (Wildman–Crippen LogP) is 2.56. The van der Waals surface area contributed by atoms with E-state index in [1.807, 2.05) is 0 Å². The number of sulfone groups is 1. The number of amides is 2. The molecule has 0 unspecified atom stereocenters. The van der Waals surface area contributed by atoms with Gasteiger partial charge in [-0.3, -0.25) is 9.59 Å². The van der Waals surface area contributed by atoms with Crippen molar-refractivity contribution >= 4 is 27.3 Å². The van der Waals surface area contributed by atoms with Crippen LogP contribution in [0.2, 0.25) is 0 Å². The molecule has 27 heavy (non-hydrogen) atoms. The molecule has 0 spiro atoms. The summed E-state index contributed by atoms with van der Waals surface area (Å²) in [6.07, 6.45) is 4.05. The molecule has 3 rings (SSSR count). The summed E-state index contributed by atoms with van der Waals surface area (Å²) in [4.78, 5) is 26.7. The molecule has 1 aliphatic heterocycles. The maximum Gasteiger partial charge on any atom is 0.257 e. The van der Waals surface area contributed by atoms with Crippen LogP contribution in [0.4, 0.5) is 5.69 Å². The Morgan fingerprint density at radius 1 is 1.15 bits per heavy atom. The number of benzene rings is 1. The summed E-state index contributed by atoms with van der Waals surface area (Å²) in [5.74, 6) is -0.348. The lowest BCUT2D eigenvalue weighted by Crippen LogP contribution is -2.41. The highest BCUT2D eigenvalue weighted by Gasteiger charge is 2.28. The highest BCUT2D eigenvalue weighted by Crippen LogP contribution is 2.22. The van der Waals surface area contributed by atoms with E-state index >= 15 is 0 Å². The lowest BCUT2D eigenvalue weighted by molar-refractivity contribution is -0.121. The molecule has 1 N–H and O–H groups in total. The summed E-state index contributed by atoms with van der Waals surface area (Å²) < 4.78 is 28.6. The largest absolute Gasteiger partial charge is 0.472 e. The SMILES string of the molecule is CCS(=O)(=O)c1ccc(NC(=O)C2CCN(C(=O)c3ccoc3)CC2)cc1. The Morgan fingerprint density at radius 3 is 2.37 bits per heavy atom. The second-order valence-electron chi connectivity index (χ2n) is 6.50. The number of carbonyl (C=O) groups excluding carboxylic acids is 2. The molecule has 7 nitrogen and oxygen atoms in total. The predicted molar refractivity (Wildman–Crippen MR) is 100 cm³/mol. The minimum atomic E-state index is -3.25. The van der Waals surface area contributed by atoms with Gasteiger partial charge in [0.15, 0.2) is 9.84 Å². The minimum absolute atomic E-state index is 0.0365. The van der Waals surface area contributed by atoms with Gasteiger partial charge in [0, 0.05) is 24.7 Å². The summed E-state index contributed by atoms with van der Waals surface area (Å²) >= 11 is 0. The second kappa shape index (κ2) is 7.96. The fourth-order valence-corrected chi connectivity index (χ4v) is 3.95. The van der Waals surface area contributed by atoms with Crippen LogP contribution in [-0.4, -0.2) is 44.0 Å². The van der Waals surface area contributed by atoms with Crippen LogP contribution in [0.15, 0.2) is 52.2 Å². The van der Waals surface area contributed by atoms with E-state index < -0.39 is 9.84 Å². The summed E-state index contributed by atoms with van der Waals surface area (Å²) in [5, 5.41) is 2.83. The van der Waals surface area contributed by atoms with Gasteiger partial charge in [-0.2, -0.15) is 0 Å². The number of nitrogens with zero attached hydrogens (tertiary/aromatic N) is 1. The number of furan rings is 1. The van der Waals surface area contributed by atoms with Gasteiger partial charge in [-0.1, -0.05) is 6.92 Å². The Labute approximate surface area is 158 Å². The van der Waals surface area contributed by atoms with E-state index in [-0.39, 0.29) is 28.4 Å². The van der Waals surface area contributed by atoms with Crippen molar-refractivity contribution < 1.29 is 22.4 Å². The van der Waals surface area contributed by atoms with Gasteiger partial charge in [-0.25, -0.2) is 8.42 Å². The zero-order valence-electron chi connectivity index (χ0n) is 15.1. The quantitative estimate of drug-likeness (QED) is 0.846. The highest BCUT2D eigenvalue weighted by molar-refractivity contribution is 7.91. The third-order valence-electron chi connectivity index (χ3n) is 4.78. The summed E-state index contributed by atoms with van der Waals surface area (Å²) in [6.45, 7) is 2.61. The zero-order valence-corrected chi connectivity index (χ0v) is 15.9. The number of likely N-dealkylation sites (tertiary alicyclic amines) is 1. The van der Waals surface area contributed by atoms with Crippen molar-refractivity contribution in [2.24, 2.45) is 5.92 Å². The van der Waals surface area contributed by atoms with Crippen LogP contribution in [-0.2, 0) is 14.6 Å². The molecular formula is C19H22N2O5S. The molecule has 2 aromatic rings. The van der Waals surface area contributed by atoms with Crippen molar-refractivity contribution in [3.05, 3.63) is 48.4 Å². The van der Waals surface area contributed by atoms with Crippen LogP contribution in [0.25, 0.3) is 0 Å². The van der Waals surface area contributed by atoms with Crippen LogP contribution >= 0.6 is 0 Å². The Balaban J connectivity index is 1.54. The molecule has 8 heteroatoms. The molecule has 2 heterocycles. The van der Waals surface area contributed by atoms with E-state index in [1.165, 1.54) is 24.7 Å². The summed E-state index contributed by atoms with van der Waals surface area (Å²) in [7, 11) is -3.25. The molecule has 1 aliphatic rings. The van der Waals surface area contributed by atoms with Crippen LogP contribution < -0.4 is 5.32 Å². The Bertz CT molecular complexity index is 896. The Kier molecular flexibility index (Phi) is 5.65. The first-order valence-corrected chi connectivity index (χ1v) is 10.5.